The van der Waals surface area contributed by atoms with Gasteiger partial charge in [-0.15, -0.1) is 0 Å². The second-order valence-electron chi connectivity index (χ2n) is 6.48. The summed E-state index contributed by atoms with van der Waals surface area (Å²) in [5.74, 6) is 1.27. The molecule has 1 N–H and O–H groups in total. The van der Waals surface area contributed by atoms with E-state index in [4.69, 9.17) is 11.6 Å². The first-order valence-corrected chi connectivity index (χ1v) is 12.2. The van der Waals surface area contributed by atoms with Crippen LogP contribution in [0.3, 0.4) is 0 Å². The first-order valence-electron chi connectivity index (χ1n) is 8.82. The van der Waals surface area contributed by atoms with E-state index in [1.165, 1.54) is 11.1 Å². The number of hydrogen-bond donors (Lipinski definition) is 1. The Kier molecular flexibility index (Phi) is 8.22. The molecule has 8 heteroatoms. The van der Waals surface area contributed by atoms with Crippen molar-refractivity contribution in [3.63, 3.8) is 0 Å². The molecule has 5 nitrogen and oxygen atoms in total. The molecule has 0 fully saturated rings. The van der Waals surface area contributed by atoms with Gasteiger partial charge in [-0.3, -0.25) is 9.10 Å². The molecule has 1 amide bonds. The van der Waals surface area contributed by atoms with E-state index in [2.05, 4.69) is 24.4 Å². The summed E-state index contributed by atoms with van der Waals surface area (Å²) in [7, 11) is -3.62. The monoisotopic (exact) mass is 440 g/mol. The van der Waals surface area contributed by atoms with E-state index in [0.717, 1.165) is 22.1 Å². The average molecular weight is 441 g/mol. The summed E-state index contributed by atoms with van der Waals surface area (Å²) in [6.45, 7) is 4.01. The predicted molar refractivity (Wildman–Crippen MR) is 119 cm³/mol. The molecule has 0 heterocycles. The number of amides is 1. The molecular formula is C20H25ClN2O3S2. The topological polar surface area (TPSA) is 66.5 Å². The lowest BCUT2D eigenvalue weighted by Crippen LogP contribution is -2.41. The number of rotatable bonds is 9. The van der Waals surface area contributed by atoms with Crippen LogP contribution in [0.4, 0.5) is 5.69 Å². The summed E-state index contributed by atoms with van der Waals surface area (Å²) in [6, 6.07) is 13.2. The second-order valence-corrected chi connectivity index (χ2v) is 9.90. The van der Waals surface area contributed by atoms with Crippen molar-refractivity contribution in [1.29, 1.82) is 0 Å². The Morgan fingerprint density at radius 2 is 1.86 bits per heavy atom. The molecule has 0 unspecified atom stereocenters. The number of nitrogens with one attached hydrogen (secondary N) is 1. The number of anilines is 1. The summed E-state index contributed by atoms with van der Waals surface area (Å²) in [5.41, 5.74) is 3.56. The van der Waals surface area contributed by atoms with Crippen LogP contribution < -0.4 is 9.62 Å². The van der Waals surface area contributed by atoms with Gasteiger partial charge < -0.3 is 5.32 Å². The Hall–Kier alpha value is -1.70. The molecule has 2 aromatic carbocycles. The van der Waals surface area contributed by atoms with Crippen molar-refractivity contribution in [2.75, 3.05) is 29.4 Å². The lowest BCUT2D eigenvalue weighted by Gasteiger charge is -2.24. The van der Waals surface area contributed by atoms with Gasteiger partial charge in [-0.1, -0.05) is 41.9 Å². The summed E-state index contributed by atoms with van der Waals surface area (Å²) >= 11 is 7.82. The molecule has 0 bridgehead atoms. The van der Waals surface area contributed by atoms with Gasteiger partial charge in [0.1, 0.15) is 6.54 Å². The van der Waals surface area contributed by atoms with Crippen LogP contribution in [0.1, 0.15) is 16.7 Å². The first-order chi connectivity index (χ1) is 13.2. The molecular weight excluding hydrogens is 416 g/mol. The number of benzene rings is 2. The van der Waals surface area contributed by atoms with E-state index in [9.17, 15) is 13.2 Å². The quantitative estimate of drug-likeness (QED) is 0.602. The Morgan fingerprint density at radius 3 is 2.54 bits per heavy atom. The highest BCUT2D eigenvalue weighted by Crippen LogP contribution is 2.28. The van der Waals surface area contributed by atoms with Crippen LogP contribution in [0.25, 0.3) is 0 Å². The molecule has 0 aliphatic heterocycles. The summed E-state index contributed by atoms with van der Waals surface area (Å²) in [4.78, 5) is 12.3. The zero-order chi connectivity index (χ0) is 20.7. The molecule has 0 saturated heterocycles. The zero-order valence-electron chi connectivity index (χ0n) is 16.2. The molecule has 0 saturated carbocycles. The van der Waals surface area contributed by atoms with E-state index in [-0.39, 0.29) is 12.5 Å². The van der Waals surface area contributed by atoms with Crippen LogP contribution >= 0.6 is 23.4 Å². The SMILES string of the molecule is Cc1ccccc1CSCCNC(=O)CN(c1cccc(Cl)c1C)S(C)(=O)=O. The van der Waals surface area contributed by atoms with Crippen LogP contribution in [0, 0.1) is 13.8 Å². The third-order valence-corrected chi connectivity index (χ3v) is 6.83. The molecule has 2 rings (SSSR count). The number of carbonyl (C=O) groups excluding carboxylic acids is 1. The highest BCUT2D eigenvalue weighted by atomic mass is 35.5. The van der Waals surface area contributed by atoms with Crippen LogP contribution in [-0.4, -0.2) is 39.4 Å². The lowest BCUT2D eigenvalue weighted by atomic mass is 10.1. The first kappa shape index (κ1) is 22.6. The van der Waals surface area contributed by atoms with Gasteiger partial charge in [-0.2, -0.15) is 11.8 Å². The molecule has 0 aliphatic carbocycles. The Balaban J connectivity index is 1.89. The van der Waals surface area contributed by atoms with Crippen LogP contribution in [0.15, 0.2) is 42.5 Å². The molecule has 152 valence electrons. The minimum absolute atomic E-state index is 0.275. The van der Waals surface area contributed by atoms with Crippen LogP contribution in [0.2, 0.25) is 5.02 Å². The van der Waals surface area contributed by atoms with Gasteiger partial charge in [0.05, 0.1) is 11.9 Å². The fourth-order valence-electron chi connectivity index (χ4n) is 2.65. The smallest absolute Gasteiger partial charge is 0.240 e. The number of halogens is 1. The third kappa shape index (κ3) is 6.43. The minimum Gasteiger partial charge on any atom is -0.354 e. The van der Waals surface area contributed by atoms with Gasteiger partial charge in [-0.05, 0) is 42.7 Å². The molecule has 0 radical (unpaired) electrons. The van der Waals surface area contributed by atoms with Crippen molar-refractivity contribution in [1.82, 2.24) is 5.32 Å². The molecule has 2 aromatic rings. The van der Waals surface area contributed by atoms with E-state index in [0.29, 0.717) is 22.8 Å². The van der Waals surface area contributed by atoms with Crippen LogP contribution in [0.5, 0.6) is 0 Å². The highest BCUT2D eigenvalue weighted by Gasteiger charge is 2.22. The molecule has 0 atom stereocenters. The number of carbonyl (C=O) groups is 1. The van der Waals surface area contributed by atoms with Crippen molar-refractivity contribution < 1.29 is 13.2 Å². The maximum absolute atomic E-state index is 12.3. The zero-order valence-corrected chi connectivity index (χ0v) is 18.6. The normalized spacial score (nSPS) is 11.3. The van der Waals surface area contributed by atoms with E-state index in [1.807, 2.05) is 12.1 Å². The second kappa shape index (κ2) is 10.2. The largest absolute Gasteiger partial charge is 0.354 e. The van der Waals surface area contributed by atoms with Crippen molar-refractivity contribution in [2.45, 2.75) is 19.6 Å². The molecule has 28 heavy (non-hydrogen) atoms. The standard InChI is InChI=1S/C20H25ClN2O3S2/c1-15-7-4-5-8-17(15)14-27-12-11-22-20(24)13-23(28(3,25)26)19-10-6-9-18(21)16(19)2/h4-10H,11-14H2,1-3H3,(H,22,24). The van der Waals surface area contributed by atoms with Gasteiger partial charge in [0.25, 0.3) is 0 Å². The predicted octanol–water partition coefficient (Wildman–Crippen LogP) is 3.77. The average Bonchev–Trinajstić information content (AvgIpc) is 2.62. The van der Waals surface area contributed by atoms with E-state index < -0.39 is 10.0 Å². The fourth-order valence-corrected chi connectivity index (χ4v) is 4.66. The highest BCUT2D eigenvalue weighted by molar-refractivity contribution is 7.98. The van der Waals surface area contributed by atoms with Crippen molar-refractivity contribution in [3.05, 3.63) is 64.2 Å². The Morgan fingerprint density at radius 1 is 1.14 bits per heavy atom. The Labute approximate surface area is 176 Å². The van der Waals surface area contributed by atoms with E-state index in [1.54, 1.807) is 36.9 Å². The molecule has 0 aliphatic rings. The number of hydrogen-bond acceptors (Lipinski definition) is 4. The number of aryl methyl sites for hydroxylation is 1. The van der Waals surface area contributed by atoms with Gasteiger partial charge in [-0.25, -0.2) is 8.42 Å². The summed E-state index contributed by atoms with van der Waals surface area (Å²) in [5, 5.41) is 3.25. The number of sulfonamides is 1. The fraction of sp³-hybridized carbons (Fsp3) is 0.350. The number of nitrogens with zero attached hydrogens (tertiary/aromatic N) is 1. The van der Waals surface area contributed by atoms with Crippen molar-refractivity contribution >= 4 is 45.0 Å². The lowest BCUT2D eigenvalue weighted by molar-refractivity contribution is -0.119. The third-order valence-electron chi connectivity index (χ3n) is 4.28. The summed E-state index contributed by atoms with van der Waals surface area (Å²) in [6.07, 6.45) is 1.08. The minimum atomic E-state index is -3.62. The maximum Gasteiger partial charge on any atom is 0.240 e. The molecule has 0 aromatic heterocycles. The van der Waals surface area contributed by atoms with Gasteiger partial charge in [0.15, 0.2) is 0 Å². The number of thioether (sulfide) groups is 1. The van der Waals surface area contributed by atoms with E-state index >= 15 is 0 Å². The van der Waals surface area contributed by atoms with Gasteiger partial charge in [0.2, 0.25) is 15.9 Å². The van der Waals surface area contributed by atoms with Crippen molar-refractivity contribution in [3.8, 4) is 0 Å². The Bertz CT molecular complexity index is 933. The van der Waals surface area contributed by atoms with Gasteiger partial charge in [0, 0.05) is 23.1 Å². The summed E-state index contributed by atoms with van der Waals surface area (Å²) < 4.78 is 25.5. The van der Waals surface area contributed by atoms with Crippen molar-refractivity contribution in [2.24, 2.45) is 0 Å². The van der Waals surface area contributed by atoms with Crippen LogP contribution in [-0.2, 0) is 20.6 Å². The van der Waals surface area contributed by atoms with Gasteiger partial charge >= 0.3 is 0 Å². The maximum atomic E-state index is 12.3. The molecule has 0 spiro atoms.